The Kier molecular flexibility index (Phi) is 3.27. The average Bonchev–Trinajstić information content (AvgIpc) is 2.69. The van der Waals surface area contributed by atoms with Crippen LogP contribution < -0.4 is 0 Å². The van der Waals surface area contributed by atoms with Crippen LogP contribution in [0.2, 0.25) is 0 Å². The predicted molar refractivity (Wildman–Crippen MR) is 73.2 cm³/mol. The molecule has 0 atom stereocenters. The second-order valence-corrected chi connectivity index (χ2v) is 6.89. The van der Waals surface area contributed by atoms with Crippen molar-refractivity contribution in [1.82, 2.24) is 9.97 Å². The van der Waals surface area contributed by atoms with Gasteiger partial charge in [0, 0.05) is 21.4 Å². The van der Waals surface area contributed by atoms with Gasteiger partial charge in [-0.05, 0) is 13.0 Å². The predicted octanol–water partition coefficient (Wildman–Crippen LogP) is 2.10. The van der Waals surface area contributed by atoms with E-state index in [2.05, 4.69) is 23.0 Å². The van der Waals surface area contributed by atoms with Crippen LogP contribution in [0, 0.1) is 12.3 Å². The first-order valence-electron chi connectivity index (χ1n) is 5.75. The number of fused-ring (bicyclic) bond motifs is 1. The Hall–Kier alpha value is -0.690. The summed E-state index contributed by atoms with van der Waals surface area (Å²) in [6.07, 6.45) is 1.61. The molecular formula is C12H14N2O2S2. The zero-order valence-corrected chi connectivity index (χ0v) is 11.7. The molecule has 0 unspecified atom stereocenters. The molecule has 2 aromatic heterocycles. The summed E-state index contributed by atoms with van der Waals surface area (Å²) in [7, 11) is 0. The van der Waals surface area contributed by atoms with Crippen LogP contribution in [0.25, 0.3) is 10.2 Å². The van der Waals surface area contributed by atoms with Crippen LogP contribution in [0.3, 0.4) is 0 Å². The summed E-state index contributed by atoms with van der Waals surface area (Å²) in [4.78, 5) is 10.9. The summed E-state index contributed by atoms with van der Waals surface area (Å²) in [5.74, 6) is 0.838. The molecule has 3 heterocycles. The molecular weight excluding hydrogens is 268 g/mol. The van der Waals surface area contributed by atoms with E-state index in [0.29, 0.717) is 13.2 Å². The van der Waals surface area contributed by atoms with E-state index in [4.69, 9.17) is 4.74 Å². The number of thiophene rings is 1. The highest BCUT2D eigenvalue weighted by atomic mass is 32.2. The molecule has 1 N–H and O–H groups in total. The zero-order valence-electron chi connectivity index (χ0n) is 10.0. The van der Waals surface area contributed by atoms with E-state index >= 15 is 0 Å². The number of aromatic nitrogens is 2. The van der Waals surface area contributed by atoms with Crippen molar-refractivity contribution in [2.24, 2.45) is 5.41 Å². The Morgan fingerprint density at radius 1 is 1.50 bits per heavy atom. The van der Waals surface area contributed by atoms with Crippen LogP contribution >= 0.6 is 23.1 Å². The van der Waals surface area contributed by atoms with Gasteiger partial charge in [-0.15, -0.1) is 23.1 Å². The number of aliphatic hydroxyl groups excluding tert-OH is 1. The van der Waals surface area contributed by atoms with E-state index in [-0.39, 0.29) is 12.0 Å². The molecule has 1 saturated heterocycles. The van der Waals surface area contributed by atoms with Crippen molar-refractivity contribution in [3.8, 4) is 0 Å². The van der Waals surface area contributed by atoms with Crippen LogP contribution in [0.4, 0.5) is 0 Å². The van der Waals surface area contributed by atoms with Gasteiger partial charge in [0.15, 0.2) is 0 Å². The van der Waals surface area contributed by atoms with Crippen LogP contribution in [0.5, 0.6) is 0 Å². The van der Waals surface area contributed by atoms with Crippen LogP contribution in [0.1, 0.15) is 4.88 Å². The standard InChI is InChI=1S/C12H14N2O2S2/c1-8-2-9-10(13-7-14-11(9)18-8)17-6-12(3-15)4-16-5-12/h2,7,15H,3-6H2,1H3. The molecule has 0 aliphatic carbocycles. The van der Waals surface area contributed by atoms with Crippen molar-refractivity contribution in [3.63, 3.8) is 0 Å². The molecule has 2 aromatic rings. The highest BCUT2D eigenvalue weighted by molar-refractivity contribution is 7.99. The molecule has 1 aliphatic heterocycles. The Morgan fingerprint density at radius 2 is 2.33 bits per heavy atom. The second kappa shape index (κ2) is 4.77. The highest BCUT2D eigenvalue weighted by Gasteiger charge is 2.38. The molecule has 18 heavy (non-hydrogen) atoms. The largest absolute Gasteiger partial charge is 0.396 e. The third-order valence-corrected chi connectivity index (χ3v) is 5.40. The molecule has 1 fully saturated rings. The summed E-state index contributed by atoms with van der Waals surface area (Å²) < 4.78 is 5.21. The van der Waals surface area contributed by atoms with Crippen molar-refractivity contribution < 1.29 is 9.84 Å². The second-order valence-electron chi connectivity index (χ2n) is 4.69. The first-order valence-corrected chi connectivity index (χ1v) is 7.55. The first-order chi connectivity index (χ1) is 8.72. The van der Waals surface area contributed by atoms with E-state index < -0.39 is 0 Å². The fraction of sp³-hybridized carbons (Fsp3) is 0.500. The van der Waals surface area contributed by atoms with Crippen molar-refractivity contribution >= 4 is 33.3 Å². The van der Waals surface area contributed by atoms with Crippen LogP contribution in [-0.2, 0) is 4.74 Å². The van der Waals surface area contributed by atoms with Crippen molar-refractivity contribution in [2.45, 2.75) is 11.9 Å². The highest BCUT2D eigenvalue weighted by Crippen LogP contribution is 2.36. The van der Waals surface area contributed by atoms with Gasteiger partial charge in [0.25, 0.3) is 0 Å². The average molecular weight is 282 g/mol. The zero-order chi connectivity index (χ0) is 12.6. The van der Waals surface area contributed by atoms with Gasteiger partial charge in [-0.1, -0.05) is 0 Å². The number of aliphatic hydroxyl groups is 1. The molecule has 96 valence electrons. The van der Waals surface area contributed by atoms with Gasteiger partial charge in [0.1, 0.15) is 16.2 Å². The molecule has 0 radical (unpaired) electrons. The monoisotopic (exact) mass is 282 g/mol. The number of rotatable bonds is 4. The number of thioether (sulfide) groups is 1. The molecule has 0 bridgehead atoms. The van der Waals surface area contributed by atoms with Crippen molar-refractivity contribution in [3.05, 3.63) is 17.3 Å². The molecule has 0 saturated carbocycles. The SMILES string of the molecule is Cc1cc2c(SCC3(CO)COC3)ncnc2s1. The quantitative estimate of drug-likeness (QED) is 0.687. The molecule has 0 aromatic carbocycles. The fourth-order valence-corrected chi connectivity index (χ4v) is 3.95. The van der Waals surface area contributed by atoms with Crippen molar-refractivity contribution in [2.75, 3.05) is 25.6 Å². The van der Waals surface area contributed by atoms with E-state index in [1.807, 2.05) is 0 Å². The van der Waals surface area contributed by atoms with Crippen LogP contribution in [-0.4, -0.2) is 40.6 Å². The summed E-state index contributed by atoms with van der Waals surface area (Å²) >= 11 is 3.37. The normalized spacial score (nSPS) is 17.9. The summed E-state index contributed by atoms with van der Waals surface area (Å²) in [6, 6.07) is 2.13. The van der Waals surface area contributed by atoms with Gasteiger partial charge >= 0.3 is 0 Å². The van der Waals surface area contributed by atoms with E-state index in [9.17, 15) is 5.11 Å². The number of nitrogens with zero attached hydrogens (tertiary/aromatic N) is 2. The third-order valence-electron chi connectivity index (χ3n) is 3.08. The minimum atomic E-state index is -0.0764. The minimum absolute atomic E-state index is 0.0764. The maximum atomic E-state index is 9.41. The van der Waals surface area contributed by atoms with Crippen molar-refractivity contribution in [1.29, 1.82) is 0 Å². The van der Waals surface area contributed by atoms with Gasteiger partial charge in [-0.25, -0.2) is 9.97 Å². The summed E-state index contributed by atoms with van der Waals surface area (Å²) in [5.41, 5.74) is -0.0764. The third kappa shape index (κ3) is 2.14. The smallest absolute Gasteiger partial charge is 0.128 e. The maximum absolute atomic E-state index is 9.41. The van der Waals surface area contributed by atoms with Gasteiger partial charge < -0.3 is 9.84 Å². The minimum Gasteiger partial charge on any atom is -0.396 e. The van der Waals surface area contributed by atoms with E-state index in [1.54, 1.807) is 29.4 Å². The topological polar surface area (TPSA) is 55.2 Å². The van der Waals surface area contributed by atoms with Gasteiger partial charge in [0.2, 0.25) is 0 Å². The summed E-state index contributed by atoms with van der Waals surface area (Å²) in [6.45, 7) is 3.55. The lowest BCUT2D eigenvalue weighted by Gasteiger charge is -2.39. The molecule has 1 aliphatic rings. The van der Waals surface area contributed by atoms with Gasteiger partial charge in [-0.3, -0.25) is 0 Å². The molecule has 3 rings (SSSR count). The Bertz CT molecular complexity index is 561. The molecule has 0 spiro atoms. The molecule has 0 amide bonds. The number of aryl methyl sites for hydroxylation is 1. The van der Waals surface area contributed by atoms with Gasteiger partial charge in [-0.2, -0.15) is 0 Å². The maximum Gasteiger partial charge on any atom is 0.128 e. The lowest BCUT2D eigenvalue weighted by atomic mass is 9.90. The first kappa shape index (κ1) is 12.3. The molecule has 4 nitrogen and oxygen atoms in total. The molecule has 6 heteroatoms. The lowest BCUT2D eigenvalue weighted by molar-refractivity contribution is -0.121. The van der Waals surface area contributed by atoms with Gasteiger partial charge in [0.05, 0.1) is 19.8 Å². The lowest BCUT2D eigenvalue weighted by Crippen LogP contribution is -2.47. The summed E-state index contributed by atoms with van der Waals surface area (Å²) in [5, 5.41) is 11.5. The Balaban J connectivity index is 1.82. The fourth-order valence-electron chi connectivity index (χ4n) is 1.90. The number of ether oxygens (including phenoxy) is 1. The van der Waals surface area contributed by atoms with Crippen LogP contribution in [0.15, 0.2) is 17.4 Å². The Morgan fingerprint density at radius 3 is 3.00 bits per heavy atom. The van der Waals surface area contributed by atoms with E-state index in [0.717, 1.165) is 21.0 Å². The number of hydrogen-bond acceptors (Lipinski definition) is 6. The number of hydrogen-bond donors (Lipinski definition) is 1. The Labute approximate surface area is 113 Å². The van der Waals surface area contributed by atoms with E-state index in [1.165, 1.54) is 4.88 Å².